The monoisotopic (exact) mass is 250 g/mol. The van der Waals surface area contributed by atoms with Gasteiger partial charge in [-0.2, -0.15) is 0 Å². The Morgan fingerprint density at radius 1 is 1.24 bits per heavy atom. The third-order valence-corrected chi connectivity index (χ3v) is 4.61. The number of aryl methyl sites for hydroxylation is 1. The number of hydrogen-bond donors (Lipinski definition) is 1. The molecule has 0 unspecified atom stereocenters. The van der Waals surface area contributed by atoms with E-state index in [0.29, 0.717) is 0 Å². The van der Waals surface area contributed by atoms with Crippen molar-refractivity contribution in [2.45, 2.75) is 43.3 Å². The number of hydrogen-bond acceptors (Lipinski definition) is 2. The van der Waals surface area contributed by atoms with Crippen LogP contribution >= 0.6 is 11.8 Å². The fourth-order valence-corrected chi connectivity index (χ4v) is 4.33. The summed E-state index contributed by atoms with van der Waals surface area (Å²) in [6, 6.07) is 8.08. The van der Waals surface area contributed by atoms with Gasteiger partial charge < -0.3 is 5.11 Å². The molecule has 2 nitrogen and oxygen atoms in total. The first kappa shape index (κ1) is 12.5. The summed E-state index contributed by atoms with van der Waals surface area (Å²) in [5.74, 6) is -0.678. The lowest BCUT2D eigenvalue weighted by Gasteiger charge is -2.49. The van der Waals surface area contributed by atoms with E-state index in [4.69, 9.17) is 0 Å². The Morgan fingerprint density at radius 3 is 2.18 bits per heavy atom. The van der Waals surface area contributed by atoms with Gasteiger partial charge in [0.1, 0.15) is 4.75 Å². The molecule has 0 saturated heterocycles. The molecule has 0 aliphatic heterocycles. The van der Waals surface area contributed by atoms with Crippen LogP contribution in [0.2, 0.25) is 0 Å². The number of thioether (sulfide) groups is 1. The molecule has 0 amide bonds. The maximum Gasteiger partial charge on any atom is 0.320 e. The molecule has 1 aliphatic carbocycles. The predicted molar refractivity (Wildman–Crippen MR) is 70.4 cm³/mol. The average Bonchev–Trinajstić information content (AvgIpc) is 2.18. The van der Waals surface area contributed by atoms with Gasteiger partial charge in [0.05, 0.1) is 0 Å². The summed E-state index contributed by atoms with van der Waals surface area (Å²) in [6.07, 6.45) is 1.49. The Bertz CT molecular complexity index is 426. The van der Waals surface area contributed by atoms with Crippen molar-refractivity contribution in [3.63, 3.8) is 0 Å². The standard InChI is InChI=1S/C14H18O2S/c1-10-4-6-11(7-5-10)17-14(12(15)16)8-13(2,3)9-14/h4-7H,8-9H2,1-3H3,(H,15,16). The normalized spacial score (nSPS) is 20.6. The first-order valence-electron chi connectivity index (χ1n) is 5.82. The molecule has 0 aromatic heterocycles. The van der Waals surface area contributed by atoms with Gasteiger partial charge in [-0.15, -0.1) is 11.8 Å². The highest BCUT2D eigenvalue weighted by molar-refractivity contribution is 8.01. The number of carboxylic acids is 1. The highest BCUT2D eigenvalue weighted by Gasteiger charge is 2.55. The smallest absolute Gasteiger partial charge is 0.320 e. The summed E-state index contributed by atoms with van der Waals surface area (Å²) in [4.78, 5) is 12.5. The van der Waals surface area contributed by atoms with Crippen LogP contribution in [0.25, 0.3) is 0 Å². The van der Waals surface area contributed by atoms with Crippen molar-refractivity contribution in [3.05, 3.63) is 29.8 Å². The minimum Gasteiger partial charge on any atom is -0.480 e. The summed E-state index contributed by atoms with van der Waals surface area (Å²) in [5, 5.41) is 9.41. The second-order valence-corrected chi connectivity index (χ2v) is 7.19. The van der Waals surface area contributed by atoms with Crippen molar-refractivity contribution >= 4 is 17.7 Å². The lowest BCUT2D eigenvalue weighted by Crippen LogP contribution is -2.52. The first-order chi connectivity index (χ1) is 7.83. The highest BCUT2D eigenvalue weighted by Crippen LogP contribution is 2.57. The zero-order valence-corrected chi connectivity index (χ0v) is 11.3. The molecule has 92 valence electrons. The minimum absolute atomic E-state index is 0.163. The van der Waals surface area contributed by atoms with E-state index in [1.165, 1.54) is 17.3 Å². The van der Waals surface area contributed by atoms with Crippen molar-refractivity contribution in [1.82, 2.24) is 0 Å². The summed E-state index contributed by atoms with van der Waals surface area (Å²) < 4.78 is -0.612. The summed E-state index contributed by atoms with van der Waals surface area (Å²) in [7, 11) is 0. The van der Waals surface area contributed by atoms with E-state index in [-0.39, 0.29) is 5.41 Å². The SMILES string of the molecule is Cc1ccc(SC2(C(=O)O)CC(C)(C)C2)cc1. The Morgan fingerprint density at radius 2 is 1.76 bits per heavy atom. The molecule has 1 aliphatic rings. The minimum atomic E-state index is -0.678. The van der Waals surface area contributed by atoms with Crippen molar-refractivity contribution < 1.29 is 9.90 Å². The van der Waals surface area contributed by atoms with E-state index < -0.39 is 10.7 Å². The molecule has 2 rings (SSSR count). The number of carboxylic acid groups (broad SMARTS) is 1. The van der Waals surface area contributed by atoms with Gasteiger partial charge in [-0.3, -0.25) is 4.79 Å². The number of benzene rings is 1. The topological polar surface area (TPSA) is 37.3 Å². The number of rotatable bonds is 3. The van der Waals surface area contributed by atoms with Crippen LogP contribution in [0, 0.1) is 12.3 Å². The van der Waals surface area contributed by atoms with E-state index in [2.05, 4.69) is 13.8 Å². The lowest BCUT2D eigenvalue weighted by molar-refractivity contribution is -0.145. The van der Waals surface area contributed by atoms with Crippen molar-refractivity contribution in [2.24, 2.45) is 5.41 Å². The van der Waals surface area contributed by atoms with Gasteiger partial charge in [0.15, 0.2) is 0 Å². The van der Waals surface area contributed by atoms with Crippen molar-refractivity contribution in [2.75, 3.05) is 0 Å². The van der Waals surface area contributed by atoms with E-state index in [9.17, 15) is 9.90 Å². The summed E-state index contributed by atoms with van der Waals surface area (Å²) >= 11 is 1.50. The largest absolute Gasteiger partial charge is 0.480 e. The van der Waals surface area contributed by atoms with Crippen LogP contribution in [-0.2, 0) is 4.79 Å². The Kier molecular flexibility index (Phi) is 2.98. The van der Waals surface area contributed by atoms with Crippen LogP contribution < -0.4 is 0 Å². The van der Waals surface area contributed by atoms with E-state index in [1.807, 2.05) is 31.2 Å². The van der Waals surface area contributed by atoms with E-state index >= 15 is 0 Å². The van der Waals surface area contributed by atoms with Crippen LogP contribution in [0.4, 0.5) is 0 Å². The van der Waals surface area contributed by atoms with Crippen molar-refractivity contribution in [1.29, 1.82) is 0 Å². The molecule has 0 spiro atoms. The highest BCUT2D eigenvalue weighted by atomic mass is 32.2. The van der Waals surface area contributed by atoms with E-state index in [1.54, 1.807) is 0 Å². The summed E-state index contributed by atoms with van der Waals surface area (Å²) in [6.45, 7) is 6.29. The van der Waals surface area contributed by atoms with Gasteiger partial charge in [-0.1, -0.05) is 31.5 Å². The van der Waals surface area contributed by atoms with Crippen LogP contribution in [0.5, 0.6) is 0 Å². The van der Waals surface area contributed by atoms with E-state index in [0.717, 1.165) is 17.7 Å². The Hall–Kier alpha value is -0.960. The second-order valence-electron chi connectivity index (χ2n) is 5.73. The summed E-state index contributed by atoms with van der Waals surface area (Å²) in [5.41, 5.74) is 1.36. The molecule has 0 atom stereocenters. The molecule has 0 heterocycles. The van der Waals surface area contributed by atoms with Gasteiger partial charge in [0.25, 0.3) is 0 Å². The quantitative estimate of drug-likeness (QED) is 0.888. The molecule has 1 aromatic rings. The lowest BCUT2D eigenvalue weighted by atomic mass is 9.64. The van der Waals surface area contributed by atoms with Crippen LogP contribution in [0.3, 0.4) is 0 Å². The fourth-order valence-electron chi connectivity index (χ4n) is 2.59. The fraction of sp³-hybridized carbons (Fsp3) is 0.500. The van der Waals surface area contributed by atoms with Gasteiger partial charge in [-0.05, 0) is 37.3 Å². The zero-order valence-electron chi connectivity index (χ0n) is 10.5. The molecule has 0 radical (unpaired) electrons. The van der Waals surface area contributed by atoms with Crippen LogP contribution in [-0.4, -0.2) is 15.8 Å². The number of aliphatic carboxylic acids is 1. The Labute approximate surface area is 106 Å². The van der Waals surface area contributed by atoms with Crippen LogP contribution in [0.15, 0.2) is 29.2 Å². The average molecular weight is 250 g/mol. The third kappa shape index (κ3) is 2.49. The molecule has 1 saturated carbocycles. The number of carbonyl (C=O) groups is 1. The molecular formula is C14H18O2S. The zero-order chi connectivity index (χ0) is 12.7. The first-order valence-corrected chi connectivity index (χ1v) is 6.64. The van der Waals surface area contributed by atoms with Crippen molar-refractivity contribution in [3.8, 4) is 0 Å². The second kappa shape index (κ2) is 4.05. The van der Waals surface area contributed by atoms with Gasteiger partial charge in [-0.25, -0.2) is 0 Å². The predicted octanol–water partition coefficient (Wildman–Crippen LogP) is 3.73. The molecule has 1 aromatic carbocycles. The molecule has 1 N–H and O–H groups in total. The van der Waals surface area contributed by atoms with Crippen LogP contribution in [0.1, 0.15) is 32.3 Å². The molecule has 0 bridgehead atoms. The molecule has 1 fully saturated rings. The van der Waals surface area contributed by atoms with Gasteiger partial charge >= 0.3 is 5.97 Å². The van der Waals surface area contributed by atoms with Gasteiger partial charge in [0.2, 0.25) is 0 Å². The third-order valence-electron chi connectivity index (χ3n) is 3.25. The molecular weight excluding hydrogens is 232 g/mol. The Balaban J connectivity index is 2.15. The maximum atomic E-state index is 11.4. The molecule has 3 heteroatoms. The van der Waals surface area contributed by atoms with Gasteiger partial charge in [0, 0.05) is 4.90 Å². The molecule has 17 heavy (non-hydrogen) atoms. The maximum absolute atomic E-state index is 11.4.